The minimum Gasteiger partial charge on any atom is -0.478 e. The second-order valence-corrected chi connectivity index (χ2v) is 4.11. The Labute approximate surface area is 112 Å². The van der Waals surface area contributed by atoms with Crippen molar-refractivity contribution in [2.45, 2.75) is 33.1 Å². The molecule has 0 unspecified atom stereocenters. The van der Waals surface area contributed by atoms with Crippen molar-refractivity contribution in [2.75, 3.05) is 11.9 Å². The number of aryl methyl sites for hydroxylation is 1. The summed E-state index contributed by atoms with van der Waals surface area (Å²) in [5.41, 5.74) is 1.07. The number of carboxylic acids is 1. The van der Waals surface area contributed by atoms with Gasteiger partial charge in [-0.05, 0) is 24.5 Å². The molecule has 5 nitrogen and oxygen atoms in total. The van der Waals surface area contributed by atoms with Crippen LogP contribution in [0.5, 0.6) is 0 Å². The highest BCUT2D eigenvalue weighted by atomic mass is 16.5. The summed E-state index contributed by atoms with van der Waals surface area (Å²) in [6, 6.07) is 5.01. The average Bonchev–Trinajstić information content (AvgIpc) is 2.38. The van der Waals surface area contributed by atoms with Crippen LogP contribution in [0, 0.1) is 0 Å². The Morgan fingerprint density at radius 2 is 2.05 bits per heavy atom. The second kappa shape index (κ2) is 7.41. The van der Waals surface area contributed by atoms with Gasteiger partial charge in [-0.1, -0.05) is 32.4 Å². The molecule has 1 amide bonds. The van der Waals surface area contributed by atoms with E-state index in [1.165, 1.54) is 0 Å². The lowest BCUT2D eigenvalue weighted by Gasteiger charge is -2.11. The Morgan fingerprint density at radius 1 is 1.32 bits per heavy atom. The van der Waals surface area contributed by atoms with Crippen molar-refractivity contribution in [1.29, 1.82) is 0 Å². The molecular formula is C14H19NO4. The molecule has 0 heterocycles. The molecule has 0 saturated carbocycles. The maximum Gasteiger partial charge on any atom is 0.411 e. The molecule has 0 spiro atoms. The van der Waals surface area contributed by atoms with Gasteiger partial charge in [-0.2, -0.15) is 0 Å². The van der Waals surface area contributed by atoms with Crippen LogP contribution in [-0.4, -0.2) is 23.8 Å². The summed E-state index contributed by atoms with van der Waals surface area (Å²) >= 11 is 0. The zero-order valence-corrected chi connectivity index (χ0v) is 11.2. The van der Waals surface area contributed by atoms with Crippen molar-refractivity contribution in [3.63, 3.8) is 0 Å². The molecule has 2 N–H and O–H groups in total. The van der Waals surface area contributed by atoms with Crippen LogP contribution < -0.4 is 5.32 Å². The molecule has 0 aliphatic carbocycles. The first-order valence-corrected chi connectivity index (χ1v) is 6.39. The fourth-order valence-corrected chi connectivity index (χ4v) is 1.71. The number of benzene rings is 1. The quantitative estimate of drug-likeness (QED) is 0.774. The molecule has 0 radical (unpaired) electrons. The number of carbonyl (C=O) groups excluding carboxylic acids is 1. The molecule has 0 aliphatic rings. The molecule has 1 aromatic rings. The molecule has 0 atom stereocenters. The number of anilines is 1. The second-order valence-electron chi connectivity index (χ2n) is 4.11. The van der Waals surface area contributed by atoms with Crippen molar-refractivity contribution >= 4 is 17.7 Å². The highest BCUT2D eigenvalue weighted by Gasteiger charge is 2.16. The fourth-order valence-electron chi connectivity index (χ4n) is 1.71. The van der Waals surface area contributed by atoms with Gasteiger partial charge in [0.2, 0.25) is 0 Å². The number of nitrogens with one attached hydrogen (secondary N) is 1. The first-order chi connectivity index (χ1) is 9.10. The van der Waals surface area contributed by atoms with E-state index in [9.17, 15) is 14.7 Å². The molecule has 1 rings (SSSR count). The van der Waals surface area contributed by atoms with Gasteiger partial charge in [0.15, 0.2) is 0 Å². The van der Waals surface area contributed by atoms with Crippen molar-refractivity contribution in [1.82, 2.24) is 0 Å². The van der Waals surface area contributed by atoms with Gasteiger partial charge in [0.1, 0.15) is 0 Å². The van der Waals surface area contributed by atoms with Gasteiger partial charge in [-0.25, -0.2) is 9.59 Å². The Kier molecular flexibility index (Phi) is 5.85. The molecule has 5 heteroatoms. The molecule has 0 saturated heterocycles. The van der Waals surface area contributed by atoms with E-state index < -0.39 is 12.1 Å². The van der Waals surface area contributed by atoms with Gasteiger partial charge >= 0.3 is 12.1 Å². The van der Waals surface area contributed by atoms with Crippen LogP contribution in [0.15, 0.2) is 18.2 Å². The van der Waals surface area contributed by atoms with Gasteiger partial charge in [-0.15, -0.1) is 0 Å². The third-order valence-electron chi connectivity index (χ3n) is 2.71. The van der Waals surface area contributed by atoms with E-state index in [-0.39, 0.29) is 11.3 Å². The number of hydrogen-bond acceptors (Lipinski definition) is 3. The number of carbonyl (C=O) groups is 2. The van der Waals surface area contributed by atoms with E-state index in [1.54, 1.807) is 18.2 Å². The summed E-state index contributed by atoms with van der Waals surface area (Å²) in [6.07, 6.45) is 1.68. The normalized spacial score (nSPS) is 10.0. The van der Waals surface area contributed by atoms with Crippen LogP contribution in [0.25, 0.3) is 0 Å². The smallest absolute Gasteiger partial charge is 0.411 e. The predicted octanol–water partition coefficient (Wildman–Crippen LogP) is 3.30. The monoisotopic (exact) mass is 265 g/mol. The number of ether oxygens (including phenoxy) is 1. The lowest BCUT2D eigenvalue weighted by Crippen LogP contribution is -2.17. The van der Waals surface area contributed by atoms with Crippen molar-refractivity contribution < 1.29 is 19.4 Å². The van der Waals surface area contributed by atoms with Crippen LogP contribution >= 0.6 is 0 Å². The maximum atomic E-state index is 11.5. The molecule has 0 bridgehead atoms. The number of hydrogen-bond donors (Lipinski definition) is 2. The fraction of sp³-hybridized carbons (Fsp3) is 0.429. The van der Waals surface area contributed by atoms with E-state index in [0.717, 1.165) is 12.8 Å². The van der Waals surface area contributed by atoms with Gasteiger partial charge in [0.05, 0.1) is 17.9 Å². The van der Waals surface area contributed by atoms with Crippen molar-refractivity contribution in [3.8, 4) is 0 Å². The third kappa shape index (κ3) is 4.28. The summed E-state index contributed by atoms with van der Waals surface area (Å²) in [6.45, 7) is 4.19. The number of unbranched alkanes of at least 4 members (excludes halogenated alkanes) is 1. The molecular weight excluding hydrogens is 246 g/mol. The van der Waals surface area contributed by atoms with Crippen LogP contribution in [-0.2, 0) is 11.2 Å². The van der Waals surface area contributed by atoms with Crippen LogP contribution in [0.2, 0.25) is 0 Å². The molecule has 0 fully saturated rings. The Bertz CT molecular complexity index is 457. The van der Waals surface area contributed by atoms with Crippen molar-refractivity contribution in [2.24, 2.45) is 0 Å². The van der Waals surface area contributed by atoms with Crippen LogP contribution in [0.4, 0.5) is 10.5 Å². The third-order valence-corrected chi connectivity index (χ3v) is 2.71. The first-order valence-electron chi connectivity index (χ1n) is 6.39. The molecule has 19 heavy (non-hydrogen) atoms. The Hall–Kier alpha value is -2.04. The van der Waals surface area contributed by atoms with Gasteiger partial charge in [0, 0.05) is 0 Å². The summed E-state index contributed by atoms with van der Waals surface area (Å²) in [4.78, 5) is 22.8. The molecule has 0 aromatic heterocycles. The maximum absolute atomic E-state index is 11.5. The summed E-state index contributed by atoms with van der Waals surface area (Å²) in [5.74, 6) is -1.05. The molecule has 1 aromatic carbocycles. The zero-order valence-electron chi connectivity index (χ0n) is 11.2. The summed E-state index contributed by atoms with van der Waals surface area (Å²) in [7, 11) is 0. The topological polar surface area (TPSA) is 75.6 Å². The number of carboxylic acid groups (broad SMARTS) is 1. The largest absolute Gasteiger partial charge is 0.478 e. The van der Waals surface area contributed by atoms with Crippen LogP contribution in [0.3, 0.4) is 0 Å². The van der Waals surface area contributed by atoms with E-state index in [2.05, 4.69) is 5.32 Å². The highest BCUT2D eigenvalue weighted by Crippen LogP contribution is 2.21. The number of amides is 1. The van der Waals surface area contributed by atoms with Gasteiger partial charge in [-0.3, -0.25) is 5.32 Å². The molecule has 104 valence electrons. The minimum absolute atomic E-state index is 0.123. The van der Waals surface area contributed by atoms with E-state index in [4.69, 9.17) is 4.74 Å². The molecule has 0 aliphatic heterocycles. The van der Waals surface area contributed by atoms with Crippen LogP contribution in [0.1, 0.15) is 42.6 Å². The van der Waals surface area contributed by atoms with E-state index in [0.29, 0.717) is 18.6 Å². The predicted molar refractivity (Wildman–Crippen MR) is 72.7 cm³/mol. The Balaban J connectivity index is 2.83. The highest BCUT2D eigenvalue weighted by molar-refractivity contribution is 6.00. The minimum atomic E-state index is -1.05. The number of aromatic carboxylic acids is 1. The SMILES string of the molecule is CCCCOC(=O)Nc1cccc(CC)c1C(=O)O. The van der Waals surface area contributed by atoms with Crippen molar-refractivity contribution in [3.05, 3.63) is 29.3 Å². The average molecular weight is 265 g/mol. The number of rotatable bonds is 6. The van der Waals surface area contributed by atoms with Gasteiger partial charge in [0.25, 0.3) is 0 Å². The summed E-state index contributed by atoms with van der Waals surface area (Å²) in [5, 5.41) is 11.7. The van der Waals surface area contributed by atoms with E-state index >= 15 is 0 Å². The first kappa shape index (κ1) is 15.0. The lowest BCUT2D eigenvalue weighted by molar-refractivity contribution is 0.0697. The van der Waals surface area contributed by atoms with Gasteiger partial charge < -0.3 is 9.84 Å². The zero-order chi connectivity index (χ0) is 14.3. The van der Waals surface area contributed by atoms with E-state index in [1.807, 2.05) is 13.8 Å². The standard InChI is InChI=1S/C14H19NO4/c1-3-5-9-19-14(18)15-11-8-6-7-10(4-2)12(11)13(16)17/h6-8H,3-5,9H2,1-2H3,(H,15,18)(H,16,17). The Morgan fingerprint density at radius 3 is 2.63 bits per heavy atom. The lowest BCUT2D eigenvalue weighted by atomic mass is 10.0. The summed E-state index contributed by atoms with van der Waals surface area (Å²) < 4.78 is 4.95.